The molecule has 0 saturated carbocycles. The van der Waals surface area contributed by atoms with Crippen LogP contribution in [-0.4, -0.2) is 29.7 Å². The number of hydrogen-bond acceptors (Lipinski definition) is 7. The van der Waals surface area contributed by atoms with Crippen molar-refractivity contribution in [3.05, 3.63) is 40.1 Å². The van der Waals surface area contributed by atoms with Crippen molar-refractivity contribution in [2.45, 2.75) is 10.8 Å². The minimum atomic E-state index is -0.0928. The van der Waals surface area contributed by atoms with Gasteiger partial charge in [-0.1, -0.05) is 11.8 Å². The van der Waals surface area contributed by atoms with Gasteiger partial charge in [0.2, 0.25) is 0 Å². The van der Waals surface area contributed by atoms with Crippen LogP contribution in [0.5, 0.6) is 0 Å². The summed E-state index contributed by atoms with van der Waals surface area (Å²) in [5.74, 6) is 1.17. The molecule has 110 valence electrons. The van der Waals surface area contributed by atoms with E-state index in [1.807, 2.05) is 18.5 Å². The van der Waals surface area contributed by atoms with Crippen LogP contribution in [0.1, 0.15) is 5.82 Å². The lowest BCUT2D eigenvalue weighted by Gasteiger charge is -2.02. The molecule has 0 bridgehead atoms. The van der Waals surface area contributed by atoms with Gasteiger partial charge in [-0.2, -0.15) is 5.10 Å². The van der Waals surface area contributed by atoms with E-state index in [0.717, 1.165) is 21.6 Å². The van der Waals surface area contributed by atoms with Gasteiger partial charge >= 0.3 is 0 Å². The van der Waals surface area contributed by atoms with Crippen molar-refractivity contribution in [2.75, 3.05) is 0 Å². The normalized spacial score (nSPS) is 11.5. The zero-order valence-electron chi connectivity index (χ0n) is 11.5. The summed E-state index contributed by atoms with van der Waals surface area (Å²) in [6.07, 6.45) is 3.26. The van der Waals surface area contributed by atoms with E-state index in [0.29, 0.717) is 16.3 Å². The summed E-state index contributed by atoms with van der Waals surface area (Å²) < 4.78 is 2.36. The Hall–Kier alpha value is -2.26. The minimum Gasteiger partial charge on any atom is -0.309 e. The summed E-state index contributed by atoms with van der Waals surface area (Å²) in [7, 11) is 1.84. The van der Waals surface area contributed by atoms with Gasteiger partial charge in [-0.05, 0) is 11.4 Å². The van der Waals surface area contributed by atoms with Gasteiger partial charge in [-0.25, -0.2) is 15.0 Å². The Kier molecular flexibility index (Phi) is 3.16. The fourth-order valence-corrected chi connectivity index (χ4v) is 3.74. The minimum absolute atomic E-state index is 0.0928. The van der Waals surface area contributed by atoms with E-state index in [1.54, 1.807) is 10.9 Å². The topological polar surface area (TPSA) is 89.4 Å². The number of nitrogens with one attached hydrogen (secondary N) is 1. The SMILES string of the molecule is Cn1ncc2c(SCc3nc4ccsc4c(=O)[nH]3)ncnc21. The number of aromatic nitrogens is 6. The molecule has 0 aromatic carbocycles. The molecule has 0 saturated heterocycles. The van der Waals surface area contributed by atoms with Crippen molar-refractivity contribution in [1.29, 1.82) is 0 Å². The molecule has 4 rings (SSSR count). The lowest BCUT2D eigenvalue weighted by Crippen LogP contribution is -2.09. The first-order valence-electron chi connectivity index (χ1n) is 6.44. The van der Waals surface area contributed by atoms with E-state index in [4.69, 9.17) is 0 Å². The number of aromatic amines is 1. The monoisotopic (exact) mass is 330 g/mol. The van der Waals surface area contributed by atoms with Crippen molar-refractivity contribution < 1.29 is 0 Å². The number of thioether (sulfide) groups is 1. The van der Waals surface area contributed by atoms with E-state index in [1.165, 1.54) is 29.4 Å². The molecule has 4 heterocycles. The first-order valence-corrected chi connectivity index (χ1v) is 8.31. The van der Waals surface area contributed by atoms with E-state index < -0.39 is 0 Å². The second-order valence-electron chi connectivity index (χ2n) is 4.62. The Balaban J connectivity index is 1.66. The summed E-state index contributed by atoms with van der Waals surface area (Å²) in [4.78, 5) is 27.7. The molecule has 0 amide bonds. The van der Waals surface area contributed by atoms with Gasteiger partial charge in [-0.3, -0.25) is 9.48 Å². The average Bonchev–Trinajstić information content (AvgIpc) is 3.13. The van der Waals surface area contributed by atoms with E-state index in [9.17, 15) is 4.79 Å². The summed E-state index contributed by atoms with van der Waals surface area (Å²) in [5, 5.41) is 7.78. The summed E-state index contributed by atoms with van der Waals surface area (Å²) >= 11 is 2.90. The van der Waals surface area contributed by atoms with E-state index >= 15 is 0 Å². The first-order chi connectivity index (χ1) is 10.7. The Morgan fingerprint density at radius 1 is 1.41 bits per heavy atom. The predicted octanol–water partition coefficient (Wildman–Crippen LogP) is 1.95. The number of thiophene rings is 1. The lowest BCUT2D eigenvalue weighted by molar-refractivity contribution is 0.784. The fourth-order valence-electron chi connectivity index (χ4n) is 2.18. The zero-order valence-corrected chi connectivity index (χ0v) is 13.1. The van der Waals surface area contributed by atoms with Gasteiger partial charge in [0, 0.05) is 7.05 Å². The molecule has 9 heteroatoms. The van der Waals surface area contributed by atoms with Crippen LogP contribution < -0.4 is 5.56 Å². The number of rotatable bonds is 3. The maximum atomic E-state index is 12.0. The number of fused-ring (bicyclic) bond motifs is 2. The molecular formula is C13H10N6OS2. The fraction of sp³-hybridized carbons (Fsp3) is 0.154. The molecule has 7 nitrogen and oxygen atoms in total. The first kappa shape index (κ1) is 13.4. The molecule has 0 radical (unpaired) electrons. The van der Waals surface area contributed by atoms with Crippen LogP contribution in [0.15, 0.2) is 33.8 Å². The number of nitrogens with zero attached hydrogens (tertiary/aromatic N) is 5. The molecule has 0 fully saturated rings. The molecule has 0 aliphatic carbocycles. The molecule has 0 aliphatic rings. The van der Waals surface area contributed by atoms with Gasteiger partial charge in [0.25, 0.3) is 5.56 Å². The largest absolute Gasteiger partial charge is 0.309 e. The molecule has 4 aromatic rings. The molecule has 0 spiro atoms. The smallest absolute Gasteiger partial charge is 0.268 e. The van der Waals surface area contributed by atoms with Crippen LogP contribution >= 0.6 is 23.1 Å². The zero-order chi connectivity index (χ0) is 15.1. The average molecular weight is 330 g/mol. The molecule has 4 aromatic heterocycles. The third-order valence-electron chi connectivity index (χ3n) is 3.20. The highest BCUT2D eigenvalue weighted by Gasteiger charge is 2.10. The van der Waals surface area contributed by atoms with Crippen LogP contribution in [0.3, 0.4) is 0 Å². The predicted molar refractivity (Wildman–Crippen MR) is 86.1 cm³/mol. The highest BCUT2D eigenvalue weighted by atomic mass is 32.2. The second-order valence-corrected chi connectivity index (χ2v) is 6.50. The second kappa shape index (κ2) is 5.18. The van der Waals surface area contributed by atoms with Crippen LogP contribution in [0.4, 0.5) is 0 Å². The lowest BCUT2D eigenvalue weighted by atomic mass is 10.4. The van der Waals surface area contributed by atoms with Crippen LogP contribution in [0.2, 0.25) is 0 Å². The number of hydrogen-bond donors (Lipinski definition) is 1. The summed E-state index contributed by atoms with van der Waals surface area (Å²) in [6.45, 7) is 0. The van der Waals surface area contributed by atoms with E-state index in [-0.39, 0.29) is 5.56 Å². The Labute approximate surface area is 132 Å². The van der Waals surface area contributed by atoms with Gasteiger partial charge < -0.3 is 4.98 Å². The number of aryl methyl sites for hydroxylation is 1. The number of H-pyrrole nitrogens is 1. The molecule has 22 heavy (non-hydrogen) atoms. The van der Waals surface area contributed by atoms with Crippen LogP contribution in [0.25, 0.3) is 21.3 Å². The Morgan fingerprint density at radius 2 is 2.32 bits per heavy atom. The Morgan fingerprint density at radius 3 is 3.23 bits per heavy atom. The third-order valence-corrected chi connectivity index (χ3v) is 5.12. The maximum Gasteiger partial charge on any atom is 0.268 e. The highest BCUT2D eigenvalue weighted by Crippen LogP contribution is 2.26. The van der Waals surface area contributed by atoms with Crippen molar-refractivity contribution in [3.63, 3.8) is 0 Å². The van der Waals surface area contributed by atoms with Crippen LogP contribution in [-0.2, 0) is 12.8 Å². The molecule has 0 unspecified atom stereocenters. The van der Waals surface area contributed by atoms with Gasteiger partial charge in [-0.15, -0.1) is 11.3 Å². The van der Waals surface area contributed by atoms with Crippen molar-refractivity contribution >= 4 is 44.3 Å². The van der Waals surface area contributed by atoms with Crippen LogP contribution in [0, 0.1) is 0 Å². The third kappa shape index (κ3) is 2.18. The summed E-state index contributed by atoms with van der Waals surface area (Å²) in [6, 6.07) is 1.85. The molecule has 0 atom stereocenters. The standard InChI is InChI=1S/C13H10N6OS2/c1-19-11-7(4-16-19)13(15-6-14-11)22-5-9-17-8-2-3-21-10(8)12(20)18-9/h2-4,6H,5H2,1H3,(H,17,18,20). The van der Waals surface area contributed by atoms with Gasteiger partial charge in [0.05, 0.1) is 22.9 Å². The summed E-state index contributed by atoms with van der Waals surface area (Å²) in [5.41, 5.74) is 1.43. The maximum absolute atomic E-state index is 12.0. The van der Waals surface area contributed by atoms with Crippen molar-refractivity contribution in [3.8, 4) is 0 Å². The van der Waals surface area contributed by atoms with Gasteiger partial charge in [0.1, 0.15) is 21.9 Å². The van der Waals surface area contributed by atoms with Crippen molar-refractivity contribution in [1.82, 2.24) is 29.7 Å². The molecular weight excluding hydrogens is 320 g/mol. The van der Waals surface area contributed by atoms with E-state index in [2.05, 4.69) is 25.0 Å². The Bertz CT molecular complexity index is 1030. The highest BCUT2D eigenvalue weighted by molar-refractivity contribution is 7.98. The van der Waals surface area contributed by atoms with Gasteiger partial charge in [0.15, 0.2) is 5.65 Å². The molecule has 1 N–H and O–H groups in total. The van der Waals surface area contributed by atoms with Crippen molar-refractivity contribution in [2.24, 2.45) is 7.05 Å². The molecule has 0 aliphatic heterocycles. The quantitative estimate of drug-likeness (QED) is 0.456.